The van der Waals surface area contributed by atoms with Gasteiger partial charge in [0.2, 0.25) is 17.5 Å². The van der Waals surface area contributed by atoms with Crippen molar-refractivity contribution in [1.82, 2.24) is 15.3 Å². The van der Waals surface area contributed by atoms with Crippen LogP contribution in [0.4, 0.5) is 23.2 Å². The van der Waals surface area contributed by atoms with Gasteiger partial charge < -0.3 is 14.5 Å². The van der Waals surface area contributed by atoms with Gasteiger partial charge in [-0.05, 0) is 52.4 Å². The first-order valence-electron chi connectivity index (χ1n) is 9.23. The Balaban J connectivity index is 1.53. The lowest BCUT2D eigenvalue weighted by atomic mass is 10.1. The number of oxazole rings is 1. The Morgan fingerprint density at radius 3 is 2.44 bits per heavy atom. The minimum absolute atomic E-state index is 0.311. The number of carbonyl (C=O) groups is 1. The number of hydrogen-bond acceptors (Lipinski definition) is 6. The molecule has 34 heavy (non-hydrogen) atoms. The SMILES string of the molecule is COc1c(F)c(F)c(C(=O)NC(=S)Nc2ccc3oc(-c4cncc(Br)c4)nc3c2)c(F)c1F. The predicted octanol–water partition coefficient (Wildman–Crippen LogP) is 5.34. The van der Waals surface area contributed by atoms with Crippen LogP contribution in [0.5, 0.6) is 5.75 Å². The van der Waals surface area contributed by atoms with Crippen molar-refractivity contribution in [3.8, 4) is 17.2 Å². The fourth-order valence-electron chi connectivity index (χ4n) is 2.98. The first-order chi connectivity index (χ1) is 16.2. The quantitative estimate of drug-likeness (QED) is 0.200. The molecule has 1 amide bonds. The Morgan fingerprint density at radius 1 is 1.09 bits per heavy atom. The highest BCUT2D eigenvalue weighted by Crippen LogP contribution is 2.30. The molecule has 0 aliphatic heterocycles. The maximum Gasteiger partial charge on any atom is 0.263 e. The summed E-state index contributed by atoms with van der Waals surface area (Å²) in [6, 6.07) is 6.44. The molecule has 0 bridgehead atoms. The molecule has 0 saturated heterocycles. The normalized spacial score (nSPS) is 10.9. The number of rotatable bonds is 4. The number of nitrogens with one attached hydrogen (secondary N) is 2. The van der Waals surface area contributed by atoms with Crippen LogP contribution in [0.2, 0.25) is 0 Å². The molecule has 0 fully saturated rings. The highest BCUT2D eigenvalue weighted by molar-refractivity contribution is 9.10. The number of fused-ring (bicyclic) bond motifs is 1. The average molecular weight is 555 g/mol. The highest BCUT2D eigenvalue weighted by Gasteiger charge is 2.30. The summed E-state index contributed by atoms with van der Waals surface area (Å²) in [5, 5.41) is 4.21. The van der Waals surface area contributed by atoms with E-state index in [1.54, 1.807) is 36.7 Å². The van der Waals surface area contributed by atoms with Crippen LogP contribution in [0.25, 0.3) is 22.6 Å². The Hall–Kier alpha value is -3.58. The zero-order valence-corrected chi connectivity index (χ0v) is 19.3. The Kier molecular flexibility index (Phi) is 6.48. The van der Waals surface area contributed by atoms with Gasteiger partial charge in [-0.3, -0.25) is 15.1 Å². The van der Waals surface area contributed by atoms with E-state index in [4.69, 9.17) is 16.6 Å². The third-order valence-electron chi connectivity index (χ3n) is 4.48. The van der Waals surface area contributed by atoms with Crippen molar-refractivity contribution >= 4 is 56.0 Å². The molecule has 0 unspecified atom stereocenters. The molecule has 2 aromatic carbocycles. The number of amides is 1. The Bertz CT molecular complexity index is 1430. The maximum absolute atomic E-state index is 14.1. The summed E-state index contributed by atoms with van der Waals surface area (Å²) in [5.41, 5.74) is 0.373. The monoisotopic (exact) mass is 554 g/mol. The van der Waals surface area contributed by atoms with E-state index in [9.17, 15) is 22.4 Å². The van der Waals surface area contributed by atoms with E-state index in [0.717, 1.165) is 11.6 Å². The zero-order chi connectivity index (χ0) is 24.6. The number of carbonyl (C=O) groups excluding carboxylic acids is 1. The molecular weight excluding hydrogens is 544 g/mol. The summed E-state index contributed by atoms with van der Waals surface area (Å²) >= 11 is 8.29. The van der Waals surface area contributed by atoms with Crippen molar-refractivity contribution in [2.75, 3.05) is 12.4 Å². The Labute approximate surface area is 202 Å². The molecule has 0 spiro atoms. The lowest BCUT2D eigenvalue weighted by molar-refractivity contribution is 0.0966. The van der Waals surface area contributed by atoms with Gasteiger partial charge in [0.15, 0.2) is 28.1 Å². The topological polar surface area (TPSA) is 89.3 Å². The summed E-state index contributed by atoms with van der Waals surface area (Å²) in [6.45, 7) is 0. The van der Waals surface area contributed by atoms with E-state index >= 15 is 0 Å². The van der Waals surface area contributed by atoms with Crippen LogP contribution in [0, 0.1) is 23.3 Å². The summed E-state index contributed by atoms with van der Waals surface area (Å²) in [7, 11) is 0.823. The third-order valence-corrected chi connectivity index (χ3v) is 5.12. The number of benzene rings is 2. The van der Waals surface area contributed by atoms with Crippen molar-refractivity contribution in [2.24, 2.45) is 0 Å². The number of halogens is 5. The average Bonchev–Trinajstić information content (AvgIpc) is 3.22. The number of anilines is 1. The third kappa shape index (κ3) is 4.43. The number of methoxy groups -OCH3 is 1. The largest absolute Gasteiger partial charge is 0.491 e. The second-order valence-corrected chi connectivity index (χ2v) is 7.99. The van der Waals surface area contributed by atoms with E-state index < -0.39 is 40.5 Å². The van der Waals surface area contributed by atoms with Crippen molar-refractivity contribution in [3.05, 3.63) is 70.0 Å². The lowest BCUT2D eigenvalue weighted by Gasteiger charge is -2.12. The molecule has 7 nitrogen and oxygen atoms in total. The van der Waals surface area contributed by atoms with E-state index in [-0.39, 0.29) is 5.11 Å². The molecule has 174 valence electrons. The molecule has 13 heteroatoms. The minimum Gasteiger partial charge on any atom is -0.491 e. The minimum atomic E-state index is -1.92. The van der Waals surface area contributed by atoms with Gasteiger partial charge in [-0.15, -0.1) is 0 Å². The molecule has 4 rings (SSSR count). The van der Waals surface area contributed by atoms with Gasteiger partial charge in [0.05, 0.1) is 12.7 Å². The van der Waals surface area contributed by atoms with E-state index in [2.05, 4.69) is 36.0 Å². The molecular formula is C21H11BrF4N4O3S. The van der Waals surface area contributed by atoms with E-state index in [1.165, 1.54) is 0 Å². The smallest absolute Gasteiger partial charge is 0.263 e. The number of pyridine rings is 1. The van der Waals surface area contributed by atoms with Gasteiger partial charge in [-0.25, -0.2) is 13.8 Å². The van der Waals surface area contributed by atoms with Crippen LogP contribution in [0.1, 0.15) is 10.4 Å². The van der Waals surface area contributed by atoms with Gasteiger partial charge in [0.1, 0.15) is 11.1 Å². The second-order valence-electron chi connectivity index (χ2n) is 6.67. The van der Waals surface area contributed by atoms with Gasteiger partial charge >= 0.3 is 0 Å². The molecule has 0 radical (unpaired) electrons. The van der Waals surface area contributed by atoms with Crippen LogP contribution in [-0.4, -0.2) is 28.1 Å². The summed E-state index contributed by atoms with van der Waals surface area (Å²) < 4.78 is 66.8. The number of nitrogens with zero attached hydrogens (tertiary/aromatic N) is 2. The van der Waals surface area contributed by atoms with Crippen LogP contribution in [0.3, 0.4) is 0 Å². The van der Waals surface area contributed by atoms with Crippen LogP contribution >= 0.6 is 28.1 Å². The standard InChI is InChI=1S/C21H11BrF4N4O3S/c1-32-18-16(25)14(23)13(15(24)17(18)26)19(31)30-21(34)28-10-2-3-12-11(5-10)29-20(33-12)8-4-9(22)7-27-6-8/h2-7H,1H3,(H2,28,30,31,34). The van der Waals surface area contributed by atoms with Crippen molar-refractivity contribution in [1.29, 1.82) is 0 Å². The zero-order valence-electron chi connectivity index (χ0n) is 16.9. The molecule has 2 N–H and O–H groups in total. The van der Waals surface area contributed by atoms with Gasteiger partial charge in [0.25, 0.3) is 5.91 Å². The number of thiocarbonyl (C=S) groups is 1. The summed E-state index contributed by atoms with van der Waals surface area (Å²) in [6.07, 6.45) is 3.18. The first kappa shape index (κ1) is 23.6. The molecule has 0 aliphatic rings. The van der Waals surface area contributed by atoms with Crippen molar-refractivity contribution in [2.45, 2.75) is 0 Å². The van der Waals surface area contributed by atoms with Crippen molar-refractivity contribution in [3.63, 3.8) is 0 Å². The Morgan fingerprint density at radius 2 is 1.79 bits per heavy atom. The number of aromatic nitrogens is 2. The predicted molar refractivity (Wildman–Crippen MR) is 121 cm³/mol. The van der Waals surface area contributed by atoms with Gasteiger partial charge in [0, 0.05) is 22.6 Å². The van der Waals surface area contributed by atoms with Crippen LogP contribution in [-0.2, 0) is 0 Å². The van der Waals surface area contributed by atoms with Crippen LogP contribution in [0.15, 0.2) is 45.5 Å². The van der Waals surface area contributed by atoms with Gasteiger partial charge in [-0.1, -0.05) is 0 Å². The number of hydrogen-bond donors (Lipinski definition) is 2. The summed E-state index contributed by atoms with van der Waals surface area (Å²) in [4.78, 5) is 20.7. The fraction of sp³-hybridized carbons (Fsp3) is 0.0476. The molecule has 0 atom stereocenters. The van der Waals surface area contributed by atoms with Crippen LogP contribution < -0.4 is 15.4 Å². The number of ether oxygens (including phenoxy) is 1. The van der Waals surface area contributed by atoms with E-state index in [1.807, 2.05) is 5.32 Å². The van der Waals surface area contributed by atoms with E-state index in [0.29, 0.717) is 28.2 Å². The molecule has 2 heterocycles. The molecule has 0 saturated carbocycles. The van der Waals surface area contributed by atoms with Crippen molar-refractivity contribution < 1.29 is 31.5 Å². The molecule has 2 aromatic heterocycles. The lowest BCUT2D eigenvalue weighted by Crippen LogP contribution is -2.35. The van der Waals surface area contributed by atoms with Gasteiger partial charge in [-0.2, -0.15) is 8.78 Å². The first-order valence-corrected chi connectivity index (χ1v) is 10.4. The second kappa shape index (κ2) is 9.35. The fourth-order valence-corrected chi connectivity index (χ4v) is 3.55. The highest BCUT2D eigenvalue weighted by atomic mass is 79.9. The molecule has 4 aromatic rings. The molecule has 0 aliphatic carbocycles. The maximum atomic E-state index is 14.1. The summed E-state index contributed by atoms with van der Waals surface area (Å²) in [5.74, 6) is -10.0.